The number of halogens is 1. The van der Waals surface area contributed by atoms with Gasteiger partial charge in [0.1, 0.15) is 6.29 Å². The summed E-state index contributed by atoms with van der Waals surface area (Å²) in [7, 11) is 0. The van der Waals surface area contributed by atoms with Crippen LogP contribution in [0.15, 0.2) is 5.57 Å². The Morgan fingerprint density at radius 1 is 1.40 bits per heavy atom. The van der Waals surface area contributed by atoms with Crippen LogP contribution >= 0.6 is 0 Å². The van der Waals surface area contributed by atoms with Crippen molar-refractivity contribution in [2.75, 3.05) is 0 Å². The fourth-order valence-corrected chi connectivity index (χ4v) is 0.878. The van der Waals surface area contributed by atoms with Crippen molar-refractivity contribution >= 4 is 6.29 Å². The first-order valence-electron chi connectivity index (χ1n) is 2.98. The van der Waals surface area contributed by atoms with Crippen LogP contribution < -0.4 is 17.0 Å². The summed E-state index contributed by atoms with van der Waals surface area (Å²) in [4.78, 5) is 10.1. The van der Waals surface area contributed by atoms with Crippen LogP contribution in [0.2, 0.25) is 0 Å². The minimum atomic E-state index is 0. The summed E-state index contributed by atoms with van der Waals surface area (Å²) >= 11 is 0. The van der Waals surface area contributed by atoms with Crippen LogP contribution in [0.1, 0.15) is 25.7 Å². The molecule has 0 unspecified atom stereocenters. The molecule has 10 heavy (non-hydrogen) atoms. The number of rotatable bonds is 1. The molecule has 0 saturated heterocycles. The maximum absolute atomic E-state index is 10.1. The molecule has 0 N–H and O–H groups in total. The predicted molar refractivity (Wildman–Crippen MR) is 31.3 cm³/mol. The molecule has 0 amide bonds. The van der Waals surface area contributed by atoms with Crippen molar-refractivity contribution < 1.29 is 41.3 Å². The summed E-state index contributed by atoms with van der Waals surface area (Å²) in [5.74, 6) is 0. The summed E-state index contributed by atoms with van der Waals surface area (Å²) in [6.07, 6.45) is 8.23. The Morgan fingerprint density at radius 2 is 2.10 bits per heavy atom. The standard InChI is InChI=1S/C7H9O.BrH.Zn/c8-6-7-4-2-1-3-5-7;;/h6H,1-4H2;1H;/p-1. The van der Waals surface area contributed by atoms with Gasteiger partial charge in [-0.1, -0.05) is 0 Å². The second-order valence-corrected chi connectivity index (χ2v) is 2.03. The molecule has 0 saturated carbocycles. The van der Waals surface area contributed by atoms with Gasteiger partial charge in [-0.25, -0.2) is 0 Å². The molecule has 0 aliphatic heterocycles. The third-order valence-electron chi connectivity index (χ3n) is 1.37. The van der Waals surface area contributed by atoms with Gasteiger partial charge in [-0.05, 0) is 37.3 Å². The number of hydrogen-bond acceptors (Lipinski definition) is 1. The van der Waals surface area contributed by atoms with Crippen LogP contribution in [0.25, 0.3) is 0 Å². The molecule has 0 fully saturated rings. The van der Waals surface area contributed by atoms with E-state index in [-0.39, 0.29) is 36.5 Å². The predicted octanol–water partition coefficient (Wildman–Crippen LogP) is -1.51. The topological polar surface area (TPSA) is 17.1 Å². The quantitative estimate of drug-likeness (QED) is 0.411. The average molecular weight is 254 g/mol. The summed E-state index contributed by atoms with van der Waals surface area (Å²) in [5, 5.41) is 0. The minimum absolute atomic E-state index is 0. The van der Waals surface area contributed by atoms with Gasteiger partial charge in [0.15, 0.2) is 0 Å². The normalized spacial score (nSPS) is 15.8. The molecule has 1 radical (unpaired) electrons. The monoisotopic (exact) mass is 252 g/mol. The van der Waals surface area contributed by atoms with Crippen LogP contribution in [-0.4, -0.2) is 6.29 Å². The fourth-order valence-electron chi connectivity index (χ4n) is 0.878. The van der Waals surface area contributed by atoms with E-state index in [0.29, 0.717) is 0 Å². The van der Waals surface area contributed by atoms with E-state index in [1.807, 2.05) is 0 Å². The molecular weight excluding hydrogens is 245 g/mol. The molecule has 0 spiro atoms. The fraction of sp³-hybridized carbons (Fsp3) is 0.571. The van der Waals surface area contributed by atoms with Crippen molar-refractivity contribution in [3.63, 3.8) is 0 Å². The zero-order chi connectivity index (χ0) is 5.82. The van der Waals surface area contributed by atoms with Crippen LogP contribution in [-0.2, 0) is 24.3 Å². The van der Waals surface area contributed by atoms with Gasteiger partial charge in [-0.15, -0.1) is 0 Å². The Balaban J connectivity index is 0. The first-order valence-corrected chi connectivity index (χ1v) is 2.98. The Kier molecular flexibility index (Phi) is 10.0. The zero-order valence-corrected chi connectivity index (χ0v) is 10.5. The van der Waals surface area contributed by atoms with Crippen LogP contribution in [0.3, 0.4) is 0 Å². The molecule has 3 heteroatoms. The third kappa shape index (κ3) is 4.35. The number of allylic oxidation sites excluding steroid dienone is 2. The maximum Gasteiger partial charge on any atom is 0.146 e. The Labute approximate surface area is 84.8 Å². The van der Waals surface area contributed by atoms with Crippen molar-refractivity contribution in [3.8, 4) is 0 Å². The zero-order valence-electron chi connectivity index (χ0n) is 5.90. The van der Waals surface area contributed by atoms with E-state index in [9.17, 15) is 4.79 Å². The van der Waals surface area contributed by atoms with Gasteiger partial charge in [0, 0.05) is 19.5 Å². The van der Waals surface area contributed by atoms with E-state index in [4.69, 9.17) is 0 Å². The van der Waals surface area contributed by atoms with Crippen molar-refractivity contribution in [1.29, 1.82) is 0 Å². The van der Waals surface area contributed by atoms with Crippen molar-refractivity contribution in [2.45, 2.75) is 25.7 Å². The number of carbonyl (C=O) groups is 1. The van der Waals surface area contributed by atoms with Crippen LogP contribution in [0.5, 0.6) is 0 Å². The Morgan fingerprint density at radius 3 is 2.40 bits per heavy atom. The number of hydrogen-bond donors (Lipinski definition) is 0. The van der Waals surface area contributed by atoms with Crippen LogP contribution in [0, 0.1) is 6.08 Å². The molecule has 0 heterocycles. The Hall–Kier alpha value is 0.513. The van der Waals surface area contributed by atoms with E-state index in [1.54, 1.807) is 0 Å². The van der Waals surface area contributed by atoms with E-state index < -0.39 is 0 Å². The summed E-state index contributed by atoms with van der Waals surface area (Å²) < 4.78 is 0. The van der Waals surface area contributed by atoms with Gasteiger partial charge in [-0.3, -0.25) is 4.79 Å². The van der Waals surface area contributed by atoms with Gasteiger partial charge in [-0.2, -0.15) is 0 Å². The molecule has 0 atom stereocenters. The smallest absolute Gasteiger partial charge is 0.146 e. The molecule has 0 aromatic carbocycles. The Bertz CT molecular complexity index is 123. The van der Waals surface area contributed by atoms with Gasteiger partial charge >= 0.3 is 0 Å². The molecule has 1 rings (SSSR count). The van der Waals surface area contributed by atoms with Crippen molar-refractivity contribution in [3.05, 3.63) is 11.6 Å². The molecular formula is C7H9BrOZn-. The largest absolute Gasteiger partial charge is 1.00 e. The summed E-state index contributed by atoms with van der Waals surface area (Å²) in [6, 6.07) is 0. The summed E-state index contributed by atoms with van der Waals surface area (Å²) in [5.41, 5.74) is 0.872. The molecule has 53 valence electrons. The average Bonchev–Trinajstić information content (AvgIpc) is 1.90. The molecule has 0 bridgehead atoms. The molecule has 1 nitrogen and oxygen atoms in total. The van der Waals surface area contributed by atoms with Gasteiger partial charge in [0.2, 0.25) is 0 Å². The molecule has 1 aliphatic rings. The second-order valence-electron chi connectivity index (χ2n) is 2.03. The van der Waals surface area contributed by atoms with E-state index in [1.165, 1.54) is 12.8 Å². The number of carbonyl (C=O) groups excluding carboxylic acids is 1. The summed E-state index contributed by atoms with van der Waals surface area (Å²) in [6.45, 7) is 0. The molecule has 1 aliphatic carbocycles. The van der Waals surface area contributed by atoms with Crippen LogP contribution in [0.4, 0.5) is 0 Å². The number of aldehydes is 1. The first kappa shape index (κ1) is 13.1. The van der Waals surface area contributed by atoms with E-state index >= 15 is 0 Å². The molecule has 0 aromatic rings. The second kappa shape index (κ2) is 7.62. The first-order chi connectivity index (χ1) is 3.93. The van der Waals surface area contributed by atoms with Crippen molar-refractivity contribution in [1.82, 2.24) is 0 Å². The van der Waals surface area contributed by atoms with Gasteiger partial charge < -0.3 is 17.0 Å². The maximum atomic E-state index is 10.1. The van der Waals surface area contributed by atoms with Crippen molar-refractivity contribution in [2.24, 2.45) is 0 Å². The molecule has 0 aromatic heterocycles. The SMILES string of the molecule is O=CC1=[C]CCCC1.[Br-].[Zn]. The van der Waals surface area contributed by atoms with Gasteiger partial charge in [0.05, 0.1) is 0 Å². The van der Waals surface area contributed by atoms with Gasteiger partial charge in [0.25, 0.3) is 0 Å². The van der Waals surface area contributed by atoms with E-state index in [2.05, 4.69) is 6.08 Å². The minimum Gasteiger partial charge on any atom is -1.00 e. The third-order valence-corrected chi connectivity index (χ3v) is 1.37. The van der Waals surface area contributed by atoms with E-state index in [0.717, 1.165) is 24.7 Å².